The van der Waals surface area contributed by atoms with Crippen LogP contribution < -0.4 is 11.3 Å². The normalized spacial score (nSPS) is 14.2. The van der Waals surface area contributed by atoms with Crippen LogP contribution >= 0.6 is 11.8 Å². The second-order valence-corrected chi connectivity index (χ2v) is 6.38. The van der Waals surface area contributed by atoms with E-state index in [0.29, 0.717) is 0 Å². The Hall–Kier alpha value is -0.580. The molecule has 0 aliphatic carbocycles. The minimum atomic E-state index is -0.179. The van der Waals surface area contributed by atoms with Crippen LogP contribution in [0.3, 0.4) is 0 Å². The molecule has 0 amide bonds. The summed E-state index contributed by atoms with van der Waals surface area (Å²) in [6.45, 7) is 4.47. The van der Waals surface area contributed by atoms with Crippen LogP contribution in [0.1, 0.15) is 46.0 Å². The first-order chi connectivity index (χ1) is 9.69. The van der Waals surface area contributed by atoms with Gasteiger partial charge in [-0.1, -0.05) is 45.6 Å². The zero-order chi connectivity index (χ0) is 14.8. The number of nitrogens with one attached hydrogen (secondary N) is 1. The molecular formula is C16H27FN2S. The van der Waals surface area contributed by atoms with Gasteiger partial charge in [0.15, 0.2) is 0 Å². The van der Waals surface area contributed by atoms with E-state index in [4.69, 9.17) is 5.84 Å². The first kappa shape index (κ1) is 17.5. The lowest BCUT2D eigenvalue weighted by atomic mass is 9.93. The van der Waals surface area contributed by atoms with Crippen LogP contribution in [0.4, 0.5) is 4.39 Å². The van der Waals surface area contributed by atoms with E-state index in [-0.39, 0.29) is 11.9 Å². The summed E-state index contributed by atoms with van der Waals surface area (Å²) < 4.78 is 13.1. The number of unbranched alkanes of at least 4 members (excludes halogenated alkanes) is 1. The van der Waals surface area contributed by atoms with Gasteiger partial charge in [0.2, 0.25) is 0 Å². The van der Waals surface area contributed by atoms with E-state index < -0.39 is 0 Å². The Morgan fingerprint density at radius 1 is 1.35 bits per heavy atom. The maximum atomic E-state index is 13.1. The first-order valence-corrected chi connectivity index (χ1v) is 8.52. The average molecular weight is 298 g/mol. The van der Waals surface area contributed by atoms with Crippen molar-refractivity contribution < 1.29 is 4.39 Å². The van der Waals surface area contributed by atoms with Crippen molar-refractivity contribution in [3.05, 3.63) is 30.1 Å². The number of thioether (sulfide) groups is 1. The summed E-state index contributed by atoms with van der Waals surface area (Å²) in [4.78, 5) is 0.965. The van der Waals surface area contributed by atoms with Gasteiger partial charge in [-0.15, -0.1) is 11.8 Å². The lowest BCUT2D eigenvalue weighted by molar-refractivity contribution is 0.367. The molecule has 0 aliphatic rings. The first-order valence-electron chi connectivity index (χ1n) is 7.54. The summed E-state index contributed by atoms with van der Waals surface area (Å²) >= 11 is 1.66. The van der Waals surface area contributed by atoms with Gasteiger partial charge in [-0.3, -0.25) is 11.3 Å². The van der Waals surface area contributed by atoms with Crippen molar-refractivity contribution in [3.8, 4) is 0 Å². The van der Waals surface area contributed by atoms with Gasteiger partial charge in [-0.2, -0.15) is 0 Å². The smallest absolute Gasteiger partial charge is 0.124 e. The third-order valence-electron chi connectivity index (χ3n) is 3.64. The van der Waals surface area contributed by atoms with E-state index >= 15 is 0 Å². The van der Waals surface area contributed by atoms with Gasteiger partial charge >= 0.3 is 0 Å². The molecule has 2 atom stereocenters. The van der Waals surface area contributed by atoms with E-state index in [2.05, 4.69) is 19.3 Å². The molecule has 3 N–H and O–H groups in total. The quantitative estimate of drug-likeness (QED) is 0.383. The highest BCUT2D eigenvalue weighted by Crippen LogP contribution is 2.24. The molecule has 0 aromatic heterocycles. The molecule has 2 nitrogen and oxygen atoms in total. The summed E-state index contributed by atoms with van der Waals surface area (Å²) in [5.41, 5.74) is 2.91. The number of rotatable bonds is 10. The Morgan fingerprint density at radius 2 is 2.15 bits per heavy atom. The van der Waals surface area contributed by atoms with Crippen LogP contribution in [0.15, 0.2) is 29.2 Å². The fourth-order valence-electron chi connectivity index (χ4n) is 2.32. The van der Waals surface area contributed by atoms with Gasteiger partial charge in [0.1, 0.15) is 5.82 Å². The Balaban J connectivity index is 2.41. The SMILES string of the molecule is CCCCC(CC)CC(CSc1cccc(F)c1)NN. The molecule has 0 aliphatic heterocycles. The van der Waals surface area contributed by atoms with Crippen molar-refractivity contribution in [2.75, 3.05) is 5.75 Å². The molecule has 0 spiro atoms. The highest BCUT2D eigenvalue weighted by molar-refractivity contribution is 7.99. The molecule has 0 radical (unpaired) electrons. The minimum Gasteiger partial charge on any atom is -0.271 e. The molecule has 1 aromatic rings. The van der Waals surface area contributed by atoms with E-state index in [1.54, 1.807) is 23.9 Å². The highest BCUT2D eigenvalue weighted by atomic mass is 32.2. The molecule has 0 fully saturated rings. The maximum absolute atomic E-state index is 13.1. The van der Waals surface area contributed by atoms with E-state index in [1.807, 2.05) is 6.07 Å². The van der Waals surface area contributed by atoms with Crippen molar-refractivity contribution in [3.63, 3.8) is 0 Å². The van der Waals surface area contributed by atoms with Crippen molar-refractivity contribution in [1.29, 1.82) is 0 Å². The van der Waals surface area contributed by atoms with Crippen molar-refractivity contribution >= 4 is 11.8 Å². The molecule has 1 rings (SSSR count). The molecule has 114 valence electrons. The highest BCUT2D eigenvalue weighted by Gasteiger charge is 2.14. The van der Waals surface area contributed by atoms with E-state index in [1.165, 1.54) is 31.7 Å². The monoisotopic (exact) mass is 298 g/mol. The predicted molar refractivity (Wildman–Crippen MR) is 86.2 cm³/mol. The fourth-order valence-corrected chi connectivity index (χ4v) is 3.32. The van der Waals surface area contributed by atoms with Crippen LogP contribution in [0, 0.1) is 11.7 Å². The standard InChI is InChI=1S/C16H27FN2S/c1-3-5-7-13(4-2)10-15(19-18)12-20-16-9-6-8-14(17)11-16/h6,8-9,11,13,15,19H,3-5,7,10,12,18H2,1-2H3. The summed E-state index contributed by atoms with van der Waals surface area (Å²) in [6, 6.07) is 7.02. The zero-order valence-corrected chi connectivity index (χ0v) is 13.4. The summed E-state index contributed by atoms with van der Waals surface area (Å²) in [5, 5.41) is 0. The number of hydrogen-bond donors (Lipinski definition) is 2. The van der Waals surface area contributed by atoms with Crippen LogP contribution in [-0.2, 0) is 0 Å². The number of nitrogens with two attached hydrogens (primary N) is 1. The van der Waals surface area contributed by atoms with E-state index in [9.17, 15) is 4.39 Å². The lowest BCUT2D eigenvalue weighted by Crippen LogP contribution is -2.38. The molecule has 0 saturated carbocycles. The second kappa shape index (κ2) is 10.2. The number of benzene rings is 1. The Kier molecular flexibility index (Phi) is 8.90. The van der Waals surface area contributed by atoms with Gasteiger partial charge < -0.3 is 0 Å². The molecule has 0 saturated heterocycles. The van der Waals surface area contributed by atoms with Crippen molar-refractivity contribution in [2.24, 2.45) is 11.8 Å². The van der Waals surface area contributed by atoms with Gasteiger partial charge in [-0.05, 0) is 30.5 Å². The van der Waals surface area contributed by atoms with Crippen LogP contribution in [0.2, 0.25) is 0 Å². The van der Waals surface area contributed by atoms with Crippen LogP contribution in [0.25, 0.3) is 0 Å². The Morgan fingerprint density at radius 3 is 2.75 bits per heavy atom. The second-order valence-electron chi connectivity index (χ2n) is 5.28. The number of hydrogen-bond acceptors (Lipinski definition) is 3. The van der Waals surface area contributed by atoms with Crippen LogP contribution in [-0.4, -0.2) is 11.8 Å². The summed E-state index contributed by atoms with van der Waals surface area (Å²) in [5.74, 6) is 7.09. The van der Waals surface area contributed by atoms with Crippen LogP contribution in [0.5, 0.6) is 0 Å². The maximum Gasteiger partial charge on any atom is 0.124 e. The molecule has 0 heterocycles. The van der Waals surface area contributed by atoms with E-state index in [0.717, 1.165) is 23.0 Å². The molecule has 0 bridgehead atoms. The molecule has 20 heavy (non-hydrogen) atoms. The predicted octanol–water partition coefficient (Wildman–Crippen LogP) is 4.36. The molecule has 2 unspecified atom stereocenters. The Labute approximate surface area is 126 Å². The van der Waals surface area contributed by atoms with Gasteiger partial charge in [0, 0.05) is 16.7 Å². The minimum absolute atomic E-state index is 0.179. The fraction of sp³-hybridized carbons (Fsp3) is 0.625. The summed E-state index contributed by atoms with van der Waals surface area (Å²) in [7, 11) is 0. The van der Waals surface area contributed by atoms with Crippen molar-refractivity contribution in [1.82, 2.24) is 5.43 Å². The number of halogens is 1. The molecular weight excluding hydrogens is 271 g/mol. The van der Waals surface area contributed by atoms with Gasteiger partial charge in [0.05, 0.1) is 0 Å². The van der Waals surface area contributed by atoms with Gasteiger partial charge in [0.25, 0.3) is 0 Å². The topological polar surface area (TPSA) is 38.0 Å². The Bertz CT molecular complexity index is 373. The third-order valence-corrected chi connectivity index (χ3v) is 4.80. The zero-order valence-electron chi connectivity index (χ0n) is 12.6. The van der Waals surface area contributed by atoms with Gasteiger partial charge in [-0.25, -0.2) is 4.39 Å². The molecule has 4 heteroatoms. The lowest BCUT2D eigenvalue weighted by Gasteiger charge is -2.22. The number of hydrazine groups is 1. The summed E-state index contributed by atoms with van der Waals surface area (Å²) in [6.07, 6.45) is 6.09. The third kappa shape index (κ3) is 6.73. The molecule has 1 aromatic carbocycles. The average Bonchev–Trinajstić information content (AvgIpc) is 2.47. The largest absolute Gasteiger partial charge is 0.271 e. The van der Waals surface area contributed by atoms with Crippen molar-refractivity contribution in [2.45, 2.75) is 56.9 Å².